The lowest BCUT2D eigenvalue weighted by atomic mass is 10.0. The second kappa shape index (κ2) is 9.88. The van der Waals surface area contributed by atoms with Crippen molar-refractivity contribution >= 4 is 5.78 Å². The van der Waals surface area contributed by atoms with Gasteiger partial charge in [-0.05, 0) is 44.7 Å². The third-order valence-electron chi connectivity index (χ3n) is 3.55. The fourth-order valence-corrected chi connectivity index (χ4v) is 1.90. The zero-order chi connectivity index (χ0) is 16.4. The van der Waals surface area contributed by atoms with Crippen molar-refractivity contribution in [1.29, 1.82) is 0 Å². The summed E-state index contributed by atoms with van der Waals surface area (Å²) in [5.41, 5.74) is 3.04. The van der Waals surface area contributed by atoms with Gasteiger partial charge in [-0.1, -0.05) is 49.8 Å². The van der Waals surface area contributed by atoms with E-state index in [-0.39, 0.29) is 5.78 Å². The Morgan fingerprint density at radius 2 is 2.09 bits per heavy atom. The highest BCUT2D eigenvalue weighted by atomic mass is 16.1. The molecular weight excluding hydrogens is 270 g/mol. The van der Waals surface area contributed by atoms with Gasteiger partial charge in [-0.25, -0.2) is 0 Å². The van der Waals surface area contributed by atoms with E-state index in [9.17, 15) is 4.79 Å². The molecule has 0 bridgehead atoms. The Labute approximate surface area is 134 Å². The summed E-state index contributed by atoms with van der Waals surface area (Å²) in [5.74, 6) is 1.05. The fourth-order valence-electron chi connectivity index (χ4n) is 1.90. The summed E-state index contributed by atoms with van der Waals surface area (Å²) in [5, 5.41) is 0. The predicted octanol–water partition coefficient (Wildman–Crippen LogP) is 5.13. The molecule has 0 aromatic carbocycles. The van der Waals surface area contributed by atoms with Crippen molar-refractivity contribution in [3.63, 3.8) is 0 Å². The number of carbonyl (C=O) groups excluding carboxylic acids is 1. The minimum atomic E-state index is 0.227. The number of Topliss-reactive ketones (excluding diaryl/α,β-unsaturated/α-hetero) is 1. The summed E-state index contributed by atoms with van der Waals surface area (Å²) in [4.78, 5) is 15.7. The first-order chi connectivity index (χ1) is 10.6. The van der Waals surface area contributed by atoms with E-state index in [1.807, 2.05) is 51.3 Å². The van der Waals surface area contributed by atoms with E-state index in [1.165, 1.54) is 18.4 Å². The Hall–Kier alpha value is -1.96. The maximum atomic E-state index is 11.6. The second-order valence-corrected chi connectivity index (χ2v) is 5.73. The van der Waals surface area contributed by atoms with Crippen LogP contribution >= 0.6 is 0 Å². The number of hydrogen-bond acceptors (Lipinski definition) is 2. The van der Waals surface area contributed by atoms with E-state index in [0.717, 1.165) is 23.6 Å². The Morgan fingerprint density at radius 3 is 2.55 bits per heavy atom. The lowest BCUT2D eigenvalue weighted by molar-refractivity contribution is -0.115. The largest absolute Gasteiger partial charge is 0.294 e. The van der Waals surface area contributed by atoms with Crippen LogP contribution in [0.15, 0.2) is 54.8 Å². The van der Waals surface area contributed by atoms with Crippen molar-refractivity contribution in [1.82, 2.24) is 4.98 Å². The van der Waals surface area contributed by atoms with Gasteiger partial charge in [0, 0.05) is 23.9 Å². The first kappa shape index (κ1) is 18.1. The molecule has 0 spiro atoms. The van der Waals surface area contributed by atoms with Gasteiger partial charge in [-0.15, -0.1) is 0 Å². The highest BCUT2D eigenvalue weighted by Gasteiger charge is 2.22. The number of ketones is 1. The Kier molecular flexibility index (Phi) is 8.13. The molecule has 0 aliphatic heterocycles. The number of allylic oxidation sites excluding steroid dienone is 5. The molecule has 1 saturated carbocycles. The molecule has 0 saturated heterocycles. The number of aromatic nitrogens is 1. The fraction of sp³-hybridized carbons (Fsp3) is 0.400. The van der Waals surface area contributed by atoms with Gasteiger partial charge in [0.15, 0.2) is 5.78 Å². The van der Waals surface area contributed by atoms with Gasteiger partial charge in [-0.2, -0.15) is 0 Å². The molecule has 2 heteroatoms. The lowest BCUT2D eigenvalue weighted by Gasteiger charge is -1.99. The number of carbonyl (C=O) groups is 1. The van der Waals surface area contributed by atoms with E-state index in [0.29, 0.717) is 6.42 Å². The highest BCUT2D eigenvalue weighted by molar-refractivity contribution is 5.98. The quantitative estimate of drug-likeness (QED) is 0.538. The number of nitrogens with zero attached hydrogens (tertiary/aromatic N) is 1. The lowest BCUT2D eigenvalue weighted by Crippen LogP contribution is -2.00. The molecule has 0 unspecified atom stereocenters. The average molecular weight is 297 g/mol. The minimum Gasteiger partial charge on any atom is -0.294 e. The topological polar surface area (TPSA) is 30.0 Å². The van der Waals surface area contributed by atoms with Crippen molar-refractivity contribution < 1.29 is 4.79 Å². The summed E-state index contributed by atoms with van der Waals surface area (Å²) in [6, 6.07) is 4.07. The van der Waals surface area contributed by atoms with Crippen LogP contribution in [0.5, 0.6) is 0 Å². The van der Waals surface area contributed by atoms with Crippen molar-refractivity contribution in [3.05, 3.63) is 66.0 Å². The second-order valence-electron chi connectivity index (χ2n) is 5.73. The van der Waals surface area contributed by atoms with Crippen molar-refractivity contribution in [2.24, 2.45) is 5.92 Å². The van der Waals surface area contributed by atoms with Crippen LogP contribution in [0.2, 0.25) is 0 Å². The number of hydrogen-bond donors (Lipinski definition) is 0. The van der Waals surface area contributed by atoms with Crippen LogP contribution in [-0.4, -0.2) is 10.8 Å². The van der Waals surface area contributed by atoms with Crippen LogP contribution in [0.25, 0.3) is 0 Å². The van der Waals surface area contributed by atoms with E-state index in [4.69, 9.17) is 0 Å². The van der Waals surface area contributed by atoms with Gasteiger partial charge < -0.3 is 0 Å². The molecule has 2 nitrogen and oxygen atoms in total. The monoisotopic (exact) mass is 297 g/mol. The molecule has 1 aromatic rings. The first-order valence-corrected chi connectivity index (χ1v) is 7.94. The molecule has 1 heterocycles. The SMILES string of the molecule is C=C/C(=C\C=C/C)C(=O)CCC1CC1.Cc1ccc(C)nc1. The van der Waals surface area contributed by atoms with Crippen LogP contribution < -0.4 is 0 Å². The standard InChI is InChI=1S/C13H18O.C7H9N/c1-3-5-6-12(4-2)13(14)10-9-11-7-8-11;1-6-3-4-7(2)8-5-6/h3-6,11H,2,7-10H2,1H3;3-5H,1-2H3/b5-3-,12-6+;. The molecular formula is C20H27NO. The predicted molar refractivity (Wildman–Crippen MR) is 93.8 cm³/mol. The van der Waals surface area contributed by atoms with Gasteiger partial charge in [0.2, 0.25) is 0 Å². The highest BCUT2D eigenvalue weighted by Crippen LogP contribution is 2.33. The summed E-state index contributed by atoms with van der Waals surface area (Å²) >= 11 is 0. The molecule has 0 amide bonds. The molecule has 1 aromatic heterocycles. The Bertz CT molecular complexity index is 512. The van der Waals surface area contributed by atoms with Gasteiger partial charge in [-0.3, -0.25) is 9.78 Å². The minimum absolute atomic E-state index is 0.227. The van der Waals surface area contributed by atoms with Crippen molar-refractivity contribution in [3.8, 4) is 0 Å². The van der Waals surface area contributed by atoms with Crippen molar-refractivity contribution in [2.45, 2.75) is 46.5 Å². The van der Waals surface area contributed by atoms with Crippen molar-refractivity contribution in [2.75, 3.05) is 0 Å². The van der Waals surface area contributed by atoms with Gasteiger partial charge >= 0.3 is 0 Å². The van der Waals surface area contributed by atoms with E-state index in [2.05, 4.69) is 17.6 Å². The van der Waals surface area contributed by atoms with Gasteiger partial charge in [0.1, 0.15) is 0 Å². The number of pyridine rings is 1. The van der Waals surface area contributed by atoms with E-state index < -0.39 is 0 Å². The van der Waals surface area contributed by atoms with E-state index >= 15 is 0 Å². The number of aryl methyl sites for hydroxylation is 2. The molecule has 1 aliphatic carbocycles. The maximum absolute atomic E-state index is 11.6. The Balaban J connectivity index is 0.000000255. The van der Waals surface area contributed by atoms with Crippen LogP contribution in [0.4, 0.5) is 0 Å². The third-order valence-corrected chi connectivity index (χ3v) is 3.55. The van der Waals surface area contributed by atoms with Crippen LogP contribution in [-0.2, 0) is 4.79 Å². The smallest absolute Gasteiger partial charge is 0.162 e. The van der Waals surface area contributed by atoms with Crippen LogP contribution in [0.1, 0.15) is 43.9 Å². The van der Waals surface area contributed by atoms with Crippen LogP contribution in [0, 0.1) is 19.8 Å². The molecule has 22 heavy (non-hydrogen) atoms. The number of rotatable bonds is 6. The van der Waals surface area contributed by atoms with E-state index in [1.54, 1.807) is 6.08 Å². The Morgan fingerprint density at radius 1 is 1.36 bits per heavy atom. The van der Waals surface area contributed by atoms with Crippen LogP contribution in [0.3, 0.4) is 0 Å². The summed E-state index contributed by atoms with van der Waals surface area (Å²) < 4.78 is 0. The average Bonchev–Trinajstić information content (AvgIpc) is 3.34. The normalized spacial score (nSPS) is 14.4. The first-order valence-electron chi connectivity index (χ1n) is 7.94. The van der Waals surface area contributed by atoms with Gasteiger partial charge in [0.05, 0.1) is 0 Å². The molecule has 0 radical (unpaired) electrons. The summed E-state index contributed by atoms with van der Waals surface area (Å²) in [6.07, 6.45) is 13.5. The molecule has 118 valence electrons. The molecule has 1 aliphatic rings. The third kappa shape index (κ3) is 7.72. The molecule has 0 N–H and O–H groups in total. The zero-order valence-corrected chi connectivity index (χ0v) is 14.0. The maximum Gasteiger partial charge on any atom is 0.162 e. The summed E-state index contributed by atoms with van der Waals surface area (Å²) in [7, 11) is 0. The zero-order valence-electron chi connectivity index (χ0n) is 14.0. The van der Waals surface area contributed by atoms with Gasteiger partial charge in [0.25, 0.3) is 0 Å². The molecule has 2 rings (SSSR count). The summed E-state index contributed by atoms with van der Waals surface area (Å²) in [6.45, 7) is 9.61. The molecule has 0 atom stereocenters. The molecule has 1 fully saturated rings.